The van der Waals surface area contributed by atoms with Crippen molar-refractivity contribution in [3.8, 4) is 0 Å². The van der Waals surface area contributed by atoms with Gasteiger partial charge < -0.3 is 5.11 Å². The summed E-state index contributed by atoms with van der Waals surface area (Å²) < 4.78 is 29.9. The van der Waals surface area contributed by atoms with E-state index in [9.17, 15) is 13.5 Å². The second kappa shape index (κ2) is 9.88. The van der Waals surface area contributed by atoms with E-state index in [0.29, 0.717) is 26.1 Å². The Labute approximate surface area is 176 Å². The van der Waals surface area contributed by atoms with Gasteiger partial charge >= 0.3 is 0 Å². The molecule has 7 heteroatoms. The summed E-state index contributed by atoms with van der Waals surface area (Å²) in [5.41, 5.74) is 0.869. The van der Waals surface area contributed by atoms with Crippen LogP contribution in [0.1, 0.15) is 57.9 Å². The predicted molar refractivity (Wildman–Crippen MR) is 117 cm³/mol. The van der Waals surface area contributed by atoms with E-state index in [-0.39, 0.29) is 17.6 Å². The first-order valence-electron chi connectivity index (χ1n) is 11.1. The summed E-state index contributed by atoms with van der Waals surface area (Å²) in [5, 5.41) is 10.9. The maximum absolute atomic E-state index is 12.8. The largest absolute Gasteiger partial charge is 0.391 e. The molecule has 1 heterocycles. The van der Waals surface area contributed by atoms with Crippen molar-refractivity contribution in [2.75, 3.05) is 32.7 Å². The summed E-state index contributed by atoms with van der Waals surface area (Å²) in [7, 11) is -3.51. The predicted octanol–water partition coefficient (Wildman–Crippen LogP) is 2.50. The molecule has 29 heavy (non-hydrogen) atoms. The highest BCUT2D eigenvalue weighted by Gasteiger charge is 2.40. The Balaban J connectivity index is 1.83. The zero-order valence-corrected chi connectivity index (χ0v) is 18.7. The Bertz CT molecular complexity index is 733. The molecule has 3 rings (SSSR count). The maximum atomic E-state index is 12.8. The fraction of sp³-hybridized carbons (Fsp3) is 0.727. The van der Waals surface area contributed by atoms with Gasteiger partial charge in [0.25, 0.3) is 10.2 Å². The van der Waals surface area contributed by atoms with Gasteiger partial charge in [-0.2, -0.15) is 12.7 Å². The van der Waals surface area contributed by atoms with Crippen molar-refractivity contribution in [3.05, 3.63) is 35.9 Å². The zero-order valence-electron chi connectivity index (χ0n) is 17.9. The first-order chi connectivity index (χ1) is 13.9. The van der Waals surface area contributed by atoms with Crippen molar-refractivity contribution in [2.24, 2.45) is 0 Å². The van der Waals surface area contributed by atoms with Crippen LogP contribution in [0.25, 0.3) is 0 Å². The molecule has 0 radical (unpaired) electrons. The van der Waals surface area contributed by atoms with Crippen molar-refractivity contribution < 1.29 is 13.5 Å². The van der Waals surface area contributed by atoms with Crippen LogP contribution in [0.15, 0.2) is 30.3 Å². The van der Waals surface area contributed by atoms with Crippen molar-refractivity contribution >= 4 is 10.2 Å². The van der Waals surface area contributed by atoms with Gasteiger partial charge in [-0.3, -0.25) is 4.90 Å². The first kappa shape index (κ1) is 22.7. The van der Waals surface area contributed by atoms with Gasteiger partial charge in [-0.1, -0.05) is 44.2 Å². The van der Waals surface area contributed by atoms with Crippen molar-refractivity contribution in [1.29, 1.82) is 0 Å². The number of rotatable bonds is 8. The van der Waals surface area contributed by atoms with Crippen LogP contribution >= 0.6 is 0 Å². The minimum atomic E-state index is -3.51. The zero-order chi connectivity index (χ0) is 20.9. The van der Waals surface area contributed by atoms with Crippen LogP contribution in [0.5, 0.6) is 0 Å². The Morgan fingerprint density at radius 1 is 1.10 bits per heavy atom. The summed E-state index contributed by atoms with van der Waals surface area (Å²) in [6.45, 7) is 7.13. The molecule has 1 aliphatic heterocycles. The summed E-state index contributed by atoms with van der Waals surface area (Å²) in [4.78, 5) is 2.44. The molecule has 2 N–H and O–H groups in total. The lowest BCUT2D eigenvalue weighted by atomic mass is 9.74. The fourth-order valence-electron chi connectivity index (χ4n) is 5.10. The number of nitrogens with one attached hydrogen (secondary N) is 1. The third-order valence-electron chi connectivity index (χ3n) is 6.92. The average Bonchev–Trinajstić information content (AvgIpc) is 3.20. The third kappa shape index (κ3) is 5.20. The average molecular weight is 424 g/mol. The second-order valence-corrected chi connectivity index (χ2v) is 10.3. The van der Waals surface area contributed by atoms with Crippen LogP contribution in [0.3, 0.4) is 0 Å². The highest BCUT2D eigenvalue weighted by Crippen LogP contribution is 2.40. The molecular weight excluding hydrogens is 386 g/mol. The van der Waals surface area contributed by atoms with E-state index in [1.165, 1.54) is 17.1 Å². The molecule has 1 saturated heterocycles. The Morgan fingerprint density at radius 3 is 2.34 bits per heavy atom. The smallest absolute Gasteiger partial charge is 0.279 e. The molecule has 164 valence electrons. The Kier molecular flexibility index (Phi) is 7.73. The second-order valence-electron chi connectivity index (χ2n) is 8.51. The molecule has 2 aliphatic rings. The van der Waals surface area contributed by atoms with Gasteiger partial charge in [0.1, 0.15) is 0 Å². The number of hydrogen-bond acceptors (Lipinski definition) is 4. The lowest BCUT2D eigenvalue weighted by molar-refractivity contribution is 0.0569. The number of aliphatic hydroxyl groups excluding tert-OH is 1. The quantitative estimate of drug-likeness (QED) is 0.630. The molecule has 0 amide bonds. The minimum Gasteiger partial charge on any atom is -0.391 e. The standard InChI is InChI=1S/C22H37N3O3S/c1-3-25(4-2)29(27,28)23-18-22(19-10-6-5-7-11-19)14-12-20(21(26)13-15-22)24-16-8-9-17-24/h5-7,10-11,20-21,23,26H,3-4,8-9,12-18H2,1-2H3/t20-,21-,22-/m0/s1. The molecule has 0 aromatic heterocycles. The van der Waals surface area contributed by atoms with Gasteiger partial charge in [0.2, 0.25) is 0 Å². The molecule has 0 unspecified atom stereocenters. The monoisotopic (exact) mass is 423 g/mol. The van der Waals surface area contributed by atoms with Crippen molar-refractivity contribution in [2.45, 2.75) is 69.9 Å². The van der Waals surface area contributed by atoms with Crippen LogP contribution in [-0.2, 0) is 15.6 Å². The van der Waals surface area contributed by atoms with Gasteiger partial charge in [0, 0.05) is 31.1 Å². The number of aliphatic hydroxyl groups is 1. The van der Waals surface area contributed by atoms with Gasteiger partial charge in [0.15, 0.2) is 0 Å². The normalized spacial score (nSPS) is 29.2. The lowest BCUT2D eigenvalue weighted by Crippen LogP contribution is -2.47. The Morgan fingerprint density at radius 2 is 1.72 bits per heavy atom. The maximum Gasteiger partial charge on any atom is 0.279 e. The topological polar surface area (TPSA) is 72.9 Å². The Hall–Kier alpha value is -0.990. The molecule has 1 saturated carbocycles. The molecule has 1 aromatic rings. The molecule has 2 fully saturated rings. The van der Waals surface area contributed by atoms with Crippen LogP contribution in [0, 0.1) is 0 Å². The highest BCUT2D eigenvalue weighted by atomic mass is 32.2. The fourth-order valence-corrected chi connectivity index (χ4v) is 6.42. The van der Waals surface area contributed by atoms with Gasteiger partial charge in [0.05, 0.1) is 6.10 Å². The summed E-state index contributed by atoms with van der Waals surface area (Å²) >= 11 is 0. The van der Waals surface area contributed by atoms with E-state index < -0.39 is 10.2 Å². The first-order valence-corrected chi connectivity index (χ1v) is 12.6. The van der Waals surface area contributed by atoms with Gasteiger partial charge in [-0.25, -0.2) is 4.72 Å². The summed E-state index contributed by atoms with van der Waals surface area (Å²) in [6, 6.07) is 10.4. The van der Waals surface area contributed by atoms with Crippen LogP contribution in [-0.4, -0.2) is 67.6 Å². The van der Waals surface area contributed by atoms with E-state index in [4.69, 9.17) is 0 Å². The number of hydrogen-bond donors (Lipinski definition) is 2. The van der Waals surface area contributed by atoms with Crippen molar-refractivity contribution in [3.63, 3.8) is 0 Å². The molecule has 1 aliphatic carbocycles. The number of benzene rings is 1. The van der Waals surface area contributed by atoms with Crippen LogP contribution in [0.4, 0.5) is 0 Å². The van der Waals surface area contributed by atoms with Gasteiger partial charge in [-0.05, 0) is 57.2 Å². The molecule has 6 nitrogen and oxygen atoms in total. The highest BCUT2D eigenvalue weighted by molar-refractivity contribution is 7.87. The molecule has 1 aromatic carbocycles. The SMILES string of the molecule is CCN(CC)S(=O)(=O)NC[C@@]1(c2ccccc2)CC[C@H](O)[C@@H](N2CCCC2)CC1. The van der Waals surface area contributed by atoms with Crippen LogP contribution in [0.2, 0.25) is 0 Å². The van der Waals surface area contributed by atoms with Crippen molar-refractivity contribution in [1.82, 2.24) is 13.9 Å². The van der Waals surface area contributed by atoms with Gasteiger partial charge in [-0.15, -0.1) is 0 Å². The lowest BCUT2D eigenvalue weighted by Gasteiger charge is -2.35. The molecule has 0 bridgehead atoms. The molecule has 3 atom stereocenters. The van der Waals surface area contributed by atoms with Crippen LogP contribution < -0.4 is 4.72 Å². The number of likely N-dealkylation sites (tertiary alicyclic amines) is 1. The van der Waals surface area contributed by atoms with E-state index in [0.717, 1.165) is 37.9 Å². The molecule has 0 spiro atoms. The summed E-state index contributed by atoms with van der Waals surface area (Å²) in [6.07, 6.45) is 5.30. The van der Waals surface area contributed by atoms with E-state index in [1.54, 1.807) is 0 Å². The van der Waals surface area contributed by atoms with E-state index in [1.807, 2.05) is 32.0 Å². The molecular formula is C22H37N3O3S. The number of nitrogens with zero attached hydrogens (tertiary/aromatic N) is 2. The van der Waals surface area contributed by atoms with E-state index >= 15 is 0 Å². The minimum absolute atomic E-state index is 0.183. The summed E-state index contributed by atoms with van der Waals surface area (Å²) in [5.74, 6) is 0. The third-order valence-corrected chi connectivity index (χ3v) is 8.62. The van der Waals surface area contributed by atoms with E-state index in [2.05, 4.69) is 21.8 Å².